The first kappa shape index (κ1) is 17.6. The van der Waals surface area contributed by atoms with Crippen molar-refractivity contribution in [3.8, 4) is 11.5 Å². The molecule has 4 rings (SSSR count). The molecule has 2 aromatic carbocycles. The van der Waals surface area contributed by atoms with Gasteiger partial charge in [0.05, 0.1) is 5.69 Å². The van der Waals surface area contributed by atoms with Gasteiger partial charge in [0.1, 0.15) is 30.2 Å². The van der Waals surface area contributed by atoms with E-state index in [1.54, 1.807) is 30.3 Å². The first-order valence-electron chi connectivity index (χ1n) is 8.45. The lowest BCUT2D eigenvalue weighted by Gasteiger charge is -2.28. The molecule has 1 aromatic heterocycles. The summed E-state index contributed by atoms with van der Waals surface area (Å²) in [6, 6.07) is 12.5. The number of benzene rings is 2. The number of carbonyl (C=O) groups is 2. The topological polar surface area (TPSA) is 106 Å². The van der Waals surface area contributed by atoms with Crippen molar-refractivity contribution in [2.75, 3.05) is 18.1 Å². The number of phenols is 1. The average Bonchev–Trinajstić information content (AvgIpc) is 2.68. The number of carbonyl (C=O) groups excluding carboxylic acids is 2. The van der Waals surface area contributed by atoms with Crippen LogP contribution in [0.15, 0.2) is 57.7 Å². The molecule has 8 heteroatoms. The Morgan fingerprint density at radius 1 is 1.14 bits per heavy atom. The highest BCUT2D eigenvalue weighted by atomic mass is 16.5. The van der Waals surface area contributed by atoms with E-state index < -0.39 is 11.6 Å². The average molecular weight is 381 g/mol. The lowest BCUT2D eigenvalue weighted by Crippen LogP contribution is -2.42. The third-order valence-corrected chi connectivity index (χ3v) is 4.30. The Bertz CT molecular complexity index is 1130. The fourth-order valence-electron chi connectivity index (χ4n) is 3.00. The monoisotopic (exact) mass is 381 g/mol. The largest absolute Gasteiger partial charge is 0.508 e. The summed E-state index contributed by atoms with van der Waals surface area (Å²) in [4.78, 5) is 37.5. The summed E-state index contributed by atoms with van der Waals surface area (Å²) in [6.45, 7) is -0.608. The molecule has 3 aromatic rings. The Labute approximate surface area is 158 Å². The number of fused-ring (bicyclic) bond motifs is 2. The van der Waals surface area contributed by atoms with Gasteiger partial charge in [-0.05, 0) is 24.3 Å². The second kappa shape index (κ2) is 7.07. The smallest absolute Gasteiger partial charge is 0.336 e. The van der Waals surface area contributed by atoms with Crippen molar-refractivity contribution in [3.63, 3.8) is 0 Å². The Morgan fingerprint density at radius 3 is 2.82 bits per heavy atom. The fourth-order valence-corrected chi connectivity index (χ4v) is 3.00. The highest BCUT2D eigenvalue weighted by Gasteiger charge is 2.27. The van der Waals surface area contributed by atoms with E-state index in [1.165, 1.54) is 23.1 Å². The highest BCUT2D eigenvalue weighted by Crippen LogP contribution is 2.31. The number of nitrogens with zero attached hydrogens (tertiary/aromatic N) is 1. The van der Waals surface area contributed by atoms with Crippen LogP contribution in [0.4, 0.5) is 5.69 Å². The van der Waals surface area contributed by atoms with Gasteiger partial charge in [-0.3, -0.25) is 14.5 Å². The van der Waals surface area contributed by atoms with Crippen molar-refractivity contribution in [2.45, 2.75) is 6.61 Å². The van der Waals surface area contributed by atoms with Crippen LogP contribution in [-0.4, -0.2) is 30.1 Å². The molecule has 8 nitrogen and oxygen atoms in total. The summed E-state index contributed by atoms with van der Waals surface area (Å²) in [7, 11) is 0. The maximum absolute atomic E-state index is 12.3. The Morgan fingerprint density at radius 2 is 1.96 bits per heavy atom. The number of rotatable bonds is 4. The molecule has 0 spiro atoms. The standard InChI is InChI=1S/C20H15NO7/c22-13-5-6-14-12(7-19(24)28-17(14)8-13)10-27-20(25)9-21-15-3-1-2-4-16(15)26-11-18(21)23/h1-8,22H,9-11H2. The molecular weight excluding hydrogens is 366 g/mol. The minimum Gasteiger partial charge on any atom is -0.508 e. The van der Waals surface area contributed by atoms with Gasteiger partial charge in [-0.25, -0.2) is 4.79 Å². The summed E-state index contributed by atoms with van der Waals surface area (Å²) in [5.74, 6) is -0.516. The molecule has 1 amide bonds. The van der Waals surface area contributed by atoms with Crippen LogP contribution < -0.4 is 15.3 Å². The molecule has 2 heterocycles. The second-order valence-corrected chi connectivity index (χ2v) is 6.17. The molecule has 0 atom stereocenters. The van der Waals surface area contributed by atoms with E-state index >= 15 is 0 Å². The number of phenolic OH excluding ortho intramolecular Hbond substituents is 1. The number of anilines is 1. The summed E-state index contributed by atoms with van der Waals surface area (Å²) in [5.41, 5.74) is 0.502. The lowest BCUT2D eigenvalue weighted by molar-refractivity contribution is -0.144. The molecule has 0 bridgehead atoms. The molecule has 1 N–H and O–H groups in total. The van der Waals surface area contributed by atoms with Gasteiger partial charge in [0.15, 0.2) is 6.61 Å². The first-order chi connectivity index (χ1) is 13.5. The van der Waals surface area contributed by atoms with Crippen LogP contribution in [0.3, 0.4) is 0 Å². The zero-order valence-electron chi connectivity index (χ0n) is 14.6. The fraction of sp³-hybridized carbons (Fsp3) is 0.150. The van der Waals surface area contributed by atoms with Crippen LogP contribution in [0, 0.1) is 0 Å². The number of ether oxygens (including phenoxy) is 2. The van der Waals surface area contributed by atoms with E-state index in [-0.39, 0.29) is 37.0 Å². The predicted octanol–water partition coefficient (Wildman–Crippen LogP) is 1.97. The number of hydrogen-bond donors (Lipinski definition) is 1. The van der Waals surface area contributed by atoms with E-state index in [0.29, 0.717) is 22.4 Å². The molecule has 1 aliphatic rings. The van der Waals surface area contributed by atoms with Crippen molar-refractivity contribution in [2.24, 2.45) is 0 Å². The minimum atomic E-state index is -0.634. The van der Waals surface area contributed by atoms with Crippen LogP contribution in [0.2, 0.25) is 0 Å². The van der Waals surface area contributed by atoms with Crippen LogP contribution in [0.1, 0.15) is 5.56 Å². The van der Waals surface area contributed by atoms with Gasteiger partial charge in [0.25, 0.3) is 5.91 Å². The number of amides is 1. The Balaban J connectivity index is 1.51. The zero-order chi connectivity index (χ0) is 19.7. The Hall–Kier alpha value is -3.81. The predicted molar refractivity (Wildman–Crippen MR) is 98.2 cm³/mol. The third-order valence-electron chi connectivity index (χ3n) is 4.30. The summed E-state index contributed by atoms with van der Waals surface area (Å²) >= 11 is 0. The van der Waals surface area contributed by atoms with Crippen molar-refractivity contribution in [1.82, 2.24) is 0 Å². The second-order valence-electron chi connectivity index (χ2n) is 6.17. The van der Waals surface area contributed by atoms with Gasteiger partial charge >= 0.3 is 11.6 Å². The van der Waals surface area contributed by atoms with E-state index in [9.17, 15) is 19.5 Å². The molecule has 1 aliphatic heterocycles. The van der Waals surface area contributed by atoms with Crippen molar-refractivity contribution < 1.29 is 28.6 Å². The lowest BCUT2D eigenvalue weighted by atomic mass is 10.1. The third kappa shape index (κ3) is 3.39. The highest BCUT2D eigenvalue weighted by molar-refractivity contribution is 6.01. The number of para-hydroxylation sites is 2. The quantitative estimate of drug-likeness (QED) is 0.544. The van der Waals surface area contributed by atoms with Crippen molar-refractivity contribution >= 4 is 28.5 Å². The first-order valence-corrected chi connectivity index (χ1v) is 8.45. The molecule has 0 saturated carbocycles. The van der Waals surface area contributed by atoms with Crippen molar-refractivity contribution in [1.29, 1.82) is 0 Å². The number of aromatic hydroxyl groups is 1. The van der Waals surface area contributed by atoms with Gasteiger partial charge in [-0.15, -0.1) is 0 Å². The summed E-state index contributed by atoms with van der Waals surface area (Å²) < 4.78 is 15.7. The van der Waals surface area contributed by atoms with Crippen molar-refractivity contribution in [3.05, 3.63) is 64.5 Å². The molecule has 0 radical (unpaired) electrons. The zero-order valence-corrected chi connectivity index (χ0v) is 14.6. The van der Waals surface area contributed by atoms with Gasteiger partial charge in [-0.2, -0.15) is 0 Å². The van der Waals surface area contributed by atoms with Crippen LogP contribution in [0.5, 0.6) is 11.5 Å². The van der Waals surface area contributed by atoms with Crippen LogP contribution >= 0.6 is 0 Å². The normalized spacial score (nSPS) is 13.1. The maximum Gasteiger partial charge on any atom is 0.336 e. The molecular formula is C20H15NO7. The van der Waals surface area contributed by atoms with Gasteiger partial charge in [0.2, 0.25) is 0 Å². The summed E-state index contributed by atoms with van der Waals surface area (Å²) in [6.07, 6.45) is 0. The van der Waals surface area contributed by atoms with Gasteiger partial charge < -0.3 is 19.0 Å². The molecule has 142 valence electrons. The van der Waals surface area contributed by atoms with E-state index in [4.69, 9.17) is 13.9 Å². The van der Waals surface area contributed by atoms with E-state index in [1.807, 2.05) is 0 Å². The molecule has 0 saturated heterocycles. The van der Waals surface area contributed by atoms with Crippen LogP contribution in [-0.2, 0) is 20.9 Å². The summed E-state index contributed by atoms with van der Waals surface area (Å²) in [5, 5.41) is 10.1. The SMILES string of the molecule is O=C(CN1C(=O)COc2ccccc21)OCc1cc(=O)oc2cc(O)ccc12. The Kier molecular flexibility index (Phi) is 4.44. The molecule has 0 unspecified atom stereocenters. The number of esters is 1. The number of hydrogen-bond acceptors (Lipinski definition) is 7. The maximum atomic E-state index is 12.3. The van der Waals surface area contributed by atoms with E-state index in [2.05, 4.69) is 0 Å². The minimum absolute atomic E-state index is 0.0470. The molecule has 0 aliphatic carbocycles. The van der Waals surface area contributed by atoms with Gasteiger partial charge in [-0.1, -0.05) is 12.1 Å². The molecule has 28 heavy (non-hydrogen) atoms. The van der Waals surface area contributed by atoms with Crippen LogP contribution in [0.25, 0.3) is 11.0 Å². The van der Waals surface area contributed by atoms with E-state index in [0.717, 1.165) is 0 Å². The molecule has 0 fully saturated rings. The van der Waals surface area contributed by atoms with Gasteiger partial charge in [0, 0.05) is 23.1 Å².